The van der Waals surface area contributed by atoms with Crippen LogP contribution in [0.3, 0.4) is 0 Å². The van der Waals surface area contributed by atoms with Crippen molar-refractivity contribution in [1.82, 2.24) is 4.90 Å². The molecule has 2 aliphatic rings. The van der Waals surface area contributed by atoms with Crippen molar-refractivity contribution in [2.75, 3.05) is 19.0 Å². The van der Waals surface area contributed by atoms with E-state index in [4.69, 9.17) is 16.3 Å². The topological polar surface area (TPSA) is 12.5 Å². The summed E-state index contributed by atoms with van der Waals surface area (Å²) in [5, 5.41) is 0. The Kier molecular flexibility index (Phi) is 6.64. The number of alkyl halides is 1. The van der Waals surface area contributed by atoms with Crippen molar-refractivity contribution in [3.8, 4) is 0 Å². The van der Waals surface area contributed by atoms with Crippen LogP contribution in [0.4, 0.5) is 0 Å². The standard InChI is InChI=1S/C17H32ClNO/c1-3-15(4-2)19(13-12-18)14-16-8-11-17(20-16)9-6-5-7-10-17/h15-16H,3-14H2,1-2H3. The molecule has 1 saturated carbocycles. The molecule has 0 amide bonds. The zero-order chi connectivity index (χ0) is 14.4. The van der Waals surface area contributed by atoms with Gasteiger partial charge in [-0.2, -0.15) is 0 Å². The van der Waals surface area contributed by atoms with Gasteiger partial charge in [-0.1, -0.05) is 33.1 Å². The number of halogens is 1. The lowest BCUT2D eigenvalue weighted by Gasteiger charge is -2.35. The second-order valence-corrected chi connectivity index (χ2v) is 7.05. The molecular formula is C17H32ClNO. The van der Waals surface area contributed by atoms with E-state index in [9.17, 15) is 0 Å². The number of hydrogen-bond acceptors (Lipinski definition) is 2. The van der Waals surface area contributed by atoms with Crippen molar-refractivity contribution < 1.29 is 4.74 Å². The van der Waals surface area contributed by atoms with E-state index in [1.54, 1.807) is 0 Å². The van der Waals surface area contributed by atoms with Gasteiger partial charge in [-0.25, -0.2) is 0 Å². The van der Waals surface area contributed by atoms with E-state index in [1.807, 2.05) is 0 Å². The molecular weight excluding hydrogens is 270 g/mol. The molecule has 118 valence electrons. The highest BCUT2D eigenvalue weighted by Gasteiger charge is 2.41. The third-order valence-corrected chi connectivity index (χ3v) is 5.54. The largest absolute Gasteiger partial charge is 0.370 e. The second-order valence-electron chi connectivity index (χ2n) is 6.68. The molecule has 2 fully saturated rings. The first kappa shape index (κ1) is 16.6. The van der Waals surface area contributed by atoms with Crippen LogP contribution in [-0.4, -0.2) is 41.6 Å². The summed E-state index contributed by atoms with van der Waals surface area (Å²) in [7, 11) is 0. The summed E-state index contributed by atoms with van der Waals surface area (Å²) >= 11 is 6.00. The van der Waals surface area contributed by atoms with E-state index in [2.05, 4.69) is 18.7 Å². The highest BCUT2D eigenvalue weighted by molar-refractivity contribution is 6.18. The van der Waals surface area contributed by atoms with E-state index in [-0.39, 0.29) is 5.60 Å². The molecule has 0 radical (unpaired) electrons. The van der Waals surface area contributed by atoms with E-state index < -0.39 is 0 Å². The van der Waals surface area contributed by atoms with Crippen LogP contribution in [0.5, 0.6) is 0 Å². The number of rotatable bonds is 7. The third-order valence-electron chi connectivity index (χ3n) is 5.37. The van der Waals surface area contributed by atoms with Gasteiger partial charge in [-0.3, -0.25) is 4.90 Å². The average Bonchev–Trinajstić information content (AvgIpc) is 2.84. The van der Waals surface area contributed by atoms with E-state index in [0.717, 1.165) is 19.0 Å². The molecule has 1 spiro atoms. The molecule has 2 nitrogen and oxygen atoms in total. The van der Waals surface area contributed by atoms with E-state index >= 15 is 0 Å². The molecule has 0 aromatic carbocycles. The maximum absolute atomic E-state index is 6.52. The zero-order valence-corrected chi connectivity index (χ0v) is 14.1. The molecule has 0 bridgehead atoms. The lowest BCUT2D eigenvalue weighted by atomic mass is 9.83. The van der Waals surface area contributed by atoms with Gasteiger partial charge in [0.2, 0.25) is 0 Å². The minimum absolute atomic E-state index is 0.253. The van der Waals surface area contributed by atoms with E-state index in [0.29, 0.717) is 12.1 Å². The van der Waals surface area contributed by atoms with Gasteiger partial charge in [0.25, 0.3) is 0 Å². The first-order valence-corrected chi connectivity index (χ1v) is 9.24. The quantitative estimate of drug-likeness (QED) is 0.637. The molecule has 1 saturated heterocycles. The van der Waals surface area contributed by atoms with Crippen LogP contribution < -0.4 is 0 Å². The van der Waals surface area contributed by atoms with Crippen LogP contribution in [-0.2, 0) is 4.74 Å². The van der Waals surface area contributed by atoms with Crippen molar-refractivity contribution in [3.63, 3.8) is 0 Å². The fourth-order valence-electron chi connectivity index (χ4n) is 4.19. The van der Waals surface area contributed by atoms with Crippen molar-refractivity contribution in [2.45, 2.75) is 89.4 Å². The average molecular weight is 302 g/mol. The summed E-state index contributed by atoms with van der Waals surface area (Å²) in [5.74, 6) is 0.731. The van der Waals surface area contributed by atoms with Crippen LogP contribution in [0.15, 0.2) is 0 Å². The van der Waals surface area contributed by atoms with Gasteiger partial charge in [-0.05, 0) is 38.5 Å². The zero-order valence-electron chi connectivity index (χ0n) is 13.4. The molecule has 1 aliphatic heterocycles. The summed E-state index contributed by atoms with van der Waals surface area (Å²) < 4.78 is 6.52. The summed E-state index contributed by atoms with van der Waals surface area (Å²) in [4.78, 5) is 2.57. The van der Waals surface area contributed by atoms with Gasteiger partial charge >= 0.3 is 0 Å². The first-order chi connectivity index (χ1) is 9.73. The summed E-state index contributed by atoms with van der Waals surface area (Å²) in [6, 6.07) is 0.667. The minimum atomic E-state index is 0.253. The van der Waals surface area contributed by atoms with Gasteiger partial charge in [0.05, 0.1) is 11.7 Å². The van der Waals surface area contributed by atoms with Gasteiger partial charge in [-0.15, -0.1) is 11.6 Å². The van der Waals surface area contributed by atoms with Crippen LogP contribution in [0.25, 0.3) is 0 Å². The molecule has 3 heteroatoms. The molecule has 1 heterocycles. The first-order valence-electron chi connectivity index (χ1n) is 8.71. The highest BCUT2D eigenvalue weighted by Crippen LogP contribution is 2.42. The Bertz CT molecular complexity index is 274. The maximum Gasteiger partial charge on any atom is 0.0710 e. The number of nitrogens with zero attached hydrogens (tertiary/aromatic N) is 1. The molecule has 20 heavy (non-hydrogen) atoms. The molecule has 2 rings (SSSR count). The molecule has 0 N–H and O–H groups in total. The summed E-state index contributed by atoms with van der Waals surface area (Å²) in [5.41, 5.74) is 0.253. The molecule has 0 aromatic heterocycles. The fraction of sp³-hybridized carbons (Fsp3) is 1.00. The van der Waals surface area contributed by atoms with Crippen molar-refractivity contribution in [2.24, 2.45) is 0 Å². The minimum Gasteiger partial charge on any atom is -0.370 e. The Morgan fingerprint density at radius 3 is 2.45 bits per heavy atom. The second kappa shape index (κ2) is 8.00. The lowest BCUT2D eigenvalue weighted by molar-refractivity contribution is -0.0745. The predicted molar refractivity (Wildman–Crippen MR) is 86.6 cm³/mol. The monoisotopic (exact) mass is 301 g/mol. The Labute approximate surface area is 130 Å². The smallest absolute Gasteiger partial charge is 0.0710 e. The third kappa shape index (κ3) is 4.11. The van der Waals surface area contributed by atoms with Crippen LogP contribution in [0.2, 0.25) is 0 Å². The highest BCUT2D eigenvalue weighted by atomic mass is 35.5. The Hall–Kier alpha value is 0.210. The SMILES string of the molecule is CCC(CC)N(CCCl)CC1CCC2(CCCCC2)O1. The normalized spacial score (nSPS) is 25.9. The van der Waals surface area contributed by atoms with Crippen LogP contribution in [0, 0.1) is 0 Å². The van der Waals surface area contributed by atoms with Gasteiger partial charge in [0.15, 0.2) is 0 Å². The lowest BCUT2D eigenvalue weighted by Crippen LogP contribution is -2.42. The van der Waals surface area contributed by atoms with Crippen LogP contribution >= 0.6 is 11.6 Å². The molecule has 1 atom stereocenters. The van der Waals surface area contributed by atoms with Crippen molar-refractivity contribution in [3.05, 3.63) is 0 Å². The van der Waals surface area contributed by atoms with Gasteiger partial charge in [0.1, 0.15) is 0 Å². The summed E-state index contributed by atoms with van der Waals surface area (Å²) in [6.07, 6.45) is 12.1. The fourth-order valence-corrected chi connectivity index (χ4v) is 4.40. The van der Waals surface area contributed by atoms with Gasteiger partial charge in [0, 0.05) is 25.0 Å². The molecule has 0 aromatic rings. The number of ether oxygens (including phenoxy) is 1. The molecule has 1 unspecified atom stereocenters. The summed E-state index contributed by atoms with van der Waals surface area (Å²) in [6.45, 7) is 6.66. The maximum atomic E-state index is 6.52. The Balaban J connectivity index is 1.87. The number of hydrogen-bond donors (Lipinski definition) is 0. The predicted octanol–water partition coefficient (Wildman–Crippen LogP) is 4.60. The van der Waals surface area contributed by atoms with Crippen LogP contribution in [0.1, 0.15) is 71.6 Å². The Morgan fingerprint density at radius 2 is 1.85 bits per heavy atom. The Morgan fingerprint density at radius 1 is 1.15 bits per heavy atom. The van der Waals surface area contributed by atoms with Crippen molar-refractivity contribution in [1.29, 1.82) is 0 Å². The van der Waals surface area contributed by atoms with E-state index in [1.165, 1.54) is 57.8 Å². The van der Waals surface area contributed by atoms with Crippen molar-refractivity contribution >= 4 is 11.6 Å². The van der Waals surface area contributed by atoms with Gasteiger partial charge < -0.3 is 4.74 Å². The molecule has 1 aliphatic carbocycles.